The highest BCUT2D eigenvalue weighted by atomic mass is 16.4. The molecular formula is C18H25N3O6. The van der Waals surface area contributed by atoms with Crippen molar-refractivity contribution >= 4 is 11.8 Å². The average molecular weight is 379 g/mol. The summed E-state index contributed by atoms with van der Waals surface area (Å²) in [4.78, 5) is 49.7. The summed E-state index contributed by atoms with van der Waals surface area (Å²) in [5, 5.41) is 19.7. The topological polar surface area (TPSA) is 145 Å². The molecule has 2 aliphatic carbocycles. The second kappa shape index (κ2) is 7.67. The van der Waals surface area contributed by atoms with Gasteiger partial charge < -0.3 is 15.9 Å². The quantitative estimate of drug-likeness (QED) is 0.510. The Kier molecular flexibility index (Phi) is 5.50. The van der Waals surface area contributed by atoms with E-state index in [1.807, 2.05) is 0 Å². The Morgan fingerprint density at radius 2 is 1.41 bits per heavy atom. The number of ketones is 1. The number of nitrogens with zero attached hydrogens (tertiary/aromatic N) is 2. The maximum absolute atomic E-state index is 13.1. The van der Waals surface area contributed by atoms with Crippen LogP contribution >= 0.6 is 0 Å². The second-order valence-corrected chi connectivity index (χ2v) is 7.44. The van der Waals surface area contributed by atoms with E-state index >= 15 is 0 Å². The van der Waals surface area contributed by atoms with Crippen LogP contribution in [0.2, 0.25) is 0 Å². The molecule has 1 unspecified atom stereocenters. The monoisotopic (exact) mass is 379 g/mol. The molecule has 2 saturated carbocycles. The molecule has 1 aromatic heterocycles. The molecular weight excluding hydrogens is 354 g/mol. The molecule has 0 bridgehead atoms. The summed E-state index contributed by atoms with van der Waals surface area (Å²) >= 11 is 0. The van der Waals surface area contributed by atoms with Crippen LogP contribution in [0.25, 0.3) is 0 Å². The van der Waals surface area contributed by atoms with Crippen LogP contribution in [0.3, 0.4) is 0 Å². The van der Waals surface area contributed by atoms with Crippen molar-refractivity contribution in [3.05, 3.63) is 26.4 Å². The first-order chi connectivity index (χ1) is 12.8. The van der Waals surface area contributed by atoms with Crippen LogP contribution in [-0.2, 0) is 4.79 Å². The van der Waals surface area contributed by atoms with Crippen LogP contribution in [0.1, 0.15) is 80.2 Å². The Bertz CT molecular complexity index is 859. The summed E-state index contributed by atoms with van der Waals surface area (Å²) in [6.45, 7) is 0. The predicted octanol–water partition coefficient (Wildman–Crippen LogP) is 0.930. The van der Waals surface area contributed by atoms with Gasteiger partial charge in [0.05, 0.1) is 0 Å². The van der Waals surface area contributed by atoms with Gasteiger partial charge in [-0.05, 0) is 25.7 Å². The average Bonchev–Trinajstić information content (AvgIpc) is 3.15. The van der Waals surface area contributed by atoms with Crippen molar-refractivity contribution in [2.45, 2.75) is 75.9 Å². The highest BCUT2D eigenvalue weighted by Gasteiger charge is 2.35. The maximum atomic E-state index is 13.1. The Morgan fingerprint density at radius 1 is 0.926 bits per heavy atom. The lowest BCUT2D eigenvalue weighted by Crippen LogP contribution is -2.48. The third kappa shape index (κ3) is 3.43. The molecule has 2 fully saturated rings. The first-order valence-electron chi connectivity index (χ1n) is 9.47. The molecule has 0 aliphatic heterocycles. The van der Waals surface area contributed by atoms with Gasteiger partial charge in [-0.25, -0.2) is 4.79 Å². The summed E-state index contributed by atoms with van der Waals surface area (Å²) in [6.07, 6.45) is 7.03. The lowest BCUT2D eigenvalue weighted by molar-refractivity contribution is -0.137. The van der Waals surface area contributed by atoms with Crippen molar-refractivity contribution in [3.8, 4) is 5.88 Å². The molecule has 2 aliphatic rings. The molecule has 148 valence electrons. The molecule has 1 aromatic rings. The number of hydrogen-bond donors (Lipinski definition) is 3. The molecule has 1 heterocycles. The maximum Gasteiger partial charge on any atom is 0.334 e. The van der Waals surface area contributed by atoms with Gasteiger partial charge in [-0.2, -0.15) is 0 Å². The van der Waals surface area contributed by atoms with Crippen molar-refractivity contribution in [2.24, 2.45) is 5.73 Å². The highest BCUT2D eigenvalue weighted by molar-refractivity contribution is 6.12. The van der Waals surface area contributed by atoms with Crippen molar-refractivity contribution in [1.29, 1.82) is 0 Å². The number of aromatic nitrogens is 2. The molecule has 0 radical (unpaired) electrons. The third-order valence-electron chi connectivity index (χ3n) is 5.72. The van der Waals surface area contributed by atoms with Gasteiger partial charge in [-0.1, -0.05) is 32.1 Å². The third-order valence-corrected chi connectivity index (χ3v) is 5.72. The van der Waals surface area contributed by atoms with Crippen LogP contribution in [0, 0.1) is 0 Å². The number of aromatic hydroxyl groups is 1. The van der Waals surface area contributed by atoms with Crippen LogP contribution in [0.15, 0.2) is 9.59 Å². The minimum Gasteiger partial charge on any atom is -0.494 e. The lowest BCUT2D eigenvalue weighted by Gasteiger charge is -2.26. The zero-order valence-electron chi connectivity index (χ0n) is 15.1. The number of carboxylic acids is 1. The molecule has 0 saturated heterocycles. The standard InChI is InChI=1S/C18H25N3O6/c19-13(17(25)26)14(22)12-15(23)20(10-6-2-1-3-7-10)18(27)21(16(12)24)11-8-4-5-9-11/h10-11,13,24H,1-9,19H2,(H,25,26). The summed E-state index contributed by atoms with van der Waals surface area (Å²) in [6, 6.07) is -2.65. The fourth-order valence-corrected chi connectivity index (χ4v) is 4.27. The number of nitrogens with two attached hydrogens (primary N) is 1. The smallest absolute Gasteiger partial charge is 0.334 e. The first kappa shape index (κ1) is 19.3. The molecule has 0 amide bonds. The van der Waals surface area contributed by atoms with Gasteiger partial charge in [0, 0.05) is 12.1 Å². The number of carbonyl (C=O) groups excluding carboxylic acids is 1. The van der Waals surface area contributed by atoms with Gasteiger partial charge in [0.25, 0.3) is 5.56 Å². The summed E-state index contributed by atoms with van der Waals surface area (Å²) in [5.41, 5.74) is 3.14. The number of Topliss-reactive ketones (excluding diaryl/α,β-unsaturated/α-hetero) is 1. The number of aliphatic carboxylic acids is 1. The van der Waals surface area contributed by atoms with Gasteiger partial charge in [-0.3, -0.25) is 23.5 Å². The normalized spacial score (nSPS) is 19.9. The van der Waals surface area contributed by atoms with E-state index in [4.69, 9.17) is 10.8 Å². The Labute approximate surface area is 155 Å². The summed E-state index contributed by atoms with van der Waals surface area (Å²) < 4.78 is 2.14. The van der Waals surface area contributed by atoms with Gasteiger partial charge >= 0.3 is 11.7 Å². The second-order valence-electron chi connectivity index (χ2n) is 7.44. The number of rotatable bonds is 5. The van der Waals surface area contributed by atoms with E-state index in [2.05, 4.69) is 0 Å². The van der Waals surface area contributed by atoms with Crippen LogP contribution in [0.4, 0.5) is 0 Å². The lowest BCUT2D eigenvalue weighted by atomic mass is 9.95. The van der Waals surface area contributed by atoms with E-state index < -0.39 is 40.5 Å². The number of carboxylic acid groups (broad SMARTS) is 1. The van der Waals surface area contributed by atoms with E-state index in [0.29, 0.717) is 25.7 Å². The van der Waals surface area contributed by atoms with Crippen molar-refractivity contribution in [1.82, 2.24) is 9.13 Å². The Hall–Kier alpha value is -2.42. The fourth-order valence-electron chi connectivity index (χ4n) is 4.27. The van der Waals surface area contributed by atoms with E-state index in [0.717, 1.165) is 41.2 Å². The zero-order valence-corrected chi connectivity index (χ0v) is 15.1. The summed E-state index contributed by atoms with van der Waals surface area (Å²) in [5.74, 6) is -3.53. The Morgan fingerprint density at radius 3 is 1.93 bits per heavy atom. The van der Waals surface area contributed by atoms with Crippen LogP contribution < -0.4 is 17.0 Å². The Balaban J connectivity index is 2.24. The molecule has 4 N–H and O–H groups in total. The molecule has 9 nitrogen and oxygen atoms in total. The first-order valence-corrected chi connectivity index (χ1v) is 9.47. The molecule has 1 atom stereocenters. The van der Waals surface area contributed by atoms with Gasteiger partial charge in [0.15, 0.2) is 6.04 Å². The van der Waals surface area contributed by atoms with Crippen LogP contribution in [0.5, 0.6) is 5.88 Å². The minimum absolute atomic E-state index is 0.319. The molecule has 0 aromatic carbocycles. The van der Waals surface area contributed by atoms with Gasteiger partial charge in [-0.15, -0.1) is 0 Å². The van der Waals surface area contributed by atoms with Crippen LogP contribution in [-0.4, -0.2) is 37.1 Å². The molecule has 27 heavy (non-hydrogen) atoms. The van der Waals surface area contributed by atoms with E-state index in [1.165, 1.54) is 0 Å². The van der Waals surface area contributed by atoms with E-state index in [9.17, 15) is 24.3 Å². The van der Waals surface area contributed by atoms with Crippen molar-refractivity contribution < 1.29 is 19.8 Å². The van der Waals surface area contributed by atoms with Crippen molar-refractivity contribution in [2.75, 3.05) is 0 Å². The predicted molar refractivity (Wildman–Crippen MR) is 96.2 cm³/mol. The molecule has 9 heteroatoms. The SMILES string of the molecule is NC(C(=O)O)C(=O)c1c(O)n(C2CCCC2)c(=O)n(C2CCCCC2)c1=O. The number of carbonyl (C=O) groups is 2. The van der Waals surface area contributed by atoms with Gasteiger partial charge in [0.2, 0.25) is 11.7 Å². The fraction of sp³-hybridized carbons (Fsp3) is 0.667. The zero-order chi connectivity index (χ0) is 19.7. The van der Waals surface area contributed by atoms with Crippen molar-refractivity contribution in [3.63, 3.8) is 0 Å². The van der Waals surface area contributed by atoms with Gasteiger partial charge in [0.1, 0.15) is 5.56 Å². The number of hydrogen-bond acceptors (Lipinski definition) is 6. The van der Waals surface area contributed by atoms with E-state index in [1.54, 1.807) is 0 Å². The van der Waals surface area contributed by atoms with E-state index in [-0.39, 0.29) is 12.1 Å². The highest BCUT2D eigenvalue weighted by Crippen LogP contribution is 2.33. The molecule has 3 rings (SSSR count). The molecule has 0 spiro atoms. The largest absolute Gasteiger partial charge is 0.494 e. The minimum atomic E-state index is -1.97. The summed E-state index contributed by atoms with van der Waals surface area (Å²) in [7, 11) is 0.